The summed E-state index contributed by atoms with van der Waals surface area (Å²) in [5.74, 6) is 3.16. The van der Waals surface area contributed by atoms with Gasteiger partial charge in [0.1, 0.15) is 11.6 Å². The van der Waals surface area contributed by atoms with Gasteiger partial charge in [0.05, 0.1) is 0 Å². The zero-order chi connectivity index (χ0) is 16.5. The number of imidazole rings is 1. The van der Waals surface area contributed by atoms with Gasteiger partial charge in [-0.1, -0.05) is 6.07 Å². The summed E-state index contributed by atoms with van der Waals surface area (Å²) in [7, 11) is 0. The van der Waals surface area contributed by atoms with Crippen LogP contribution in [-0.4, -0.2) is 26.6 Å². The number of nitrogens with one attached hydrogen (secondary N) is 2. The highest BCUT2D eigenvalue weighted by Gasteiger charge is 2.42. The molecule has 0 aliphatic heterocycles. The van der Waals surface area contributed by atoms with Crippen LogP contribution in [0.3, 0.4) is 0 Å². The van der Waals surface area contributed by atoms with E-state index in [4.69, 9.17) is 0 Å². The molecular weight excluding hydrogens is 302 g/mol. The van der Waals surface area contributed by atoms with Crippen molar-refractivity contribution in [3.05, 3.63) is 42.1 Å². The molecule has 2 aromatic rings. The van der Waals surface area contributed by atoms with Gasteiger partial charge < -0.3 is 10.6 Å². The summed E-state index contributed by atoms with van der Waals surface area (Å²) in [5.41, 5.74) is 0.987. The highest BCUT2D eigenvalue weighted by molar-refractivity contribution is 5.74. The topological polar surface area (TPSA) is 71.8 Å². The summed E-state index contributed by atoms with van der Waals surface area (Å²) < 4.78 is 1.93. The molecule has 0 spiro atoms. The van der Waals surface area contributed by atoms with E-state index in [0.717, 1.165) is 17.2 Å². The van der Waals surface area contributed by atoms with E-state index < -0.39 is 0 Å². The number of pyridine rings is 1. The fourth-order valence-electron chi connectivity index (χ4n) is 3.20. The lowest BCUT2D eigenvalue weighted by atomic mass is 10.1. The third kappa shape index (κ3) is 3.42. The lowest BCUT2D eigenvalue weighted by molar-refractivity contribution is 0.233. The Morgan fingerprint density at radius 2 is 2.00 bits per heavy atom. The number of hydrogen-bond donors (Lipinski definition) is 2. The Labute approximate surface area is 141 Å². The molecule has 2 fully saturated rings. The first kappa shape index (κ1) is 15.2. The second-order valence-corrected chi connectivity index (χ2v) is 6.90. The smallest absolute Gasteiger partial charge is 0.315 e. The van der Waals surface area contributed by atoms with E-state index in [1.54, 1.807) is 12.4 Å². The number of nitrogens with zero attached hydrogens (tertiary/aromatic N) is 3. The fraction of sp³-hybridized carbons (Fsp3) is 0.500. The highest BCUT2D eigenvalue weighted by Crippen LogP contribution is 2.44. The molecule has 0 bridgehead atoms. The van der Waals surface area contributed by atoms with E-state index in [1.807, 2.05) is 29.8 Å². The Morgan fingerprint density at radius 1 is 1.25 bits per heavy atom. The van der Waals surface area contributed by atoms with Gasteiger partial charge in [0, 0.05) is 31.2 Å². The maximum atomic E-state index is 12.1. The standard InChI is InChI=1S/C18H23N5O/c1-12-19-8-9-23(12)16-7-2-13(10-20-16)11-21-18(24)22-17(14-3-4-14)15-5-6-15/h2,7-10,14-15,17H,3-6,11H2,1H3,(H2,21,22,24). The van der Waals surface area contributed by atoms with Crippen molar-refractivity contribution in [1.29, 1.82) is 0 Å². The van der Waals surface area contributed by atoms with E-state index in [0.29, 0.717) is 24.4 Å². The first-order chi connectivity index (χ1) is 11.7. The van der Waals surface area contributed by atoms with Gasteiger partial charge >= 0.3 is 6.03 Å². The van der Waals surface area contributed by atoms with E-state index in [9.17, 15) is 4.79 Å². The van der Waals surface area contributed by atoms with Crippen LogP contribution in [0, 0.1) is 18.8 Å². The number of urea groups is 1. The van der Waals surface area contributed by atoms with Gasteiger partial charge in [-0.15, -0.1) is 0 Å². The zero-order valence-corrected chi connectivity index (χ0v) is 13.9. The van der Waals surface area contributed by atoms with Gasteiger partial charge in [0.2, 0.25) is 0 Å². The van der Waals surface area contributed by atoms with Gasteiger partial charge in [0.15, 0.2) is 0 Å². The van der Waals surface area contributed by atoms with Gasteiger partial charge in [0.25, 0.3) is 0 Å². The molecule has 0 radical (unpaired) electrons. The second-order valence-electron chi connectivity index (χ2n) is 6.90. The molecule has 2 amide bonds. The molecule has 6 heteroatoms. The minimum Gasteiger partial charge on any atom is -0.335 e. The molecule has 24 heavy (non-hydrogen) atoms. The quantitative estimate of drug-likeness (QED) is 0.857. The van der Waals surface area contributed by atoms with Crippen LogP contribution in [-0.2, 0) is 6.54 Å². The lowest BCUT2D eigenvalue weighted by Crippen LogP contribution is -2.44. The third-order valence-electron chi connectivity index (χ3n) is 4.89. The third-order valence-corrected chi connectivity index (χ3v) is 4.89. The van der Waals surface area contributed by atoms with Crippen molar-refractivity contribution in [2.75, 3.05) is 0 Å². The van der Waals surface area contributed by atoms with Gasteiger partial charge in [-0.05, 0) is 56.1 Å². The molecule has 2 aromatic heterocycles. The number of amides is 2. The fourth-order valence-corrected chi connectivity index (χ4v) is 3.20. The number of hydrogen-bond acceptors (Lipinski definition) is 3. The molecule has 0 aromatic carbocycles. The number of aryl methyl sites for hydroxylation is 1. The zero-order valence-electron chi connectivity index (χ0n) is 13.9. The van der Waals surface area contributed by atoms with Gasteiger partial charge in [-0.25, -0.2) is 14.8 Å². The average Bonchev–Trinajstić information content (AvgIpc) is 3.51. The SMILES string of the molecule is Cc1nccn1-c1ccc(CNC(=O)NC(C2CC2)C2CC2)cn1. The molecule has 0 saturated heterocycles. The summed E-state index contributed by atoms with van der Waals surface area (Å²) in [6.07, 6.45) is 10.5. The highest BCUT2D eigenvalue weighted by atomic mass is 16.2. The lowest BCUT2D eigenvalue weighted by Gasteiger charge is -2.18. The Kier molecular flexibility index (Phi) is 3.96. The Balaban J connectivity index is 1.30. The minimum absolute atomic E-state index is 0.0617. The van der Waals surface area contributed by atoms with Crippen LogP contribution >= 0.6 is 0 Å². The van der Waals surface area contributed by atoms with Crippen LogP contribution < -0.4 is 10.6 Å². The summed E-state index contributed by atoms with van der Waals surface area (Å²) in [4.78, 5) is 20.8. The maximum Gasteiger partial charge on any atom is 0.315 e. The van der Waals surface area contributed by atoms with Crippen molar-refractivity contribution in [2.45, 2.75) is 45.2 Å². The summed E-state index contributed by atoms with van der Waals surface area (Å²) in [6.45, 7) is 2.43. The molecule has 2 aliphatic rings. The molecule has 2 N–H and O–H groups in total. The first-order valence-corrected chi connectivity index (χ1v) is 8.70. The number of rotatable bonds is 6. The van der Waals surface area contributed by atoms with E-state index >= 15 is 0 Å². The molecule has 6 nitrogen and oxygen atoms in total. The first-order valence-electron chi connectivity index (χ1n) is 8.70. The second kappa shape index (κ2) is 6.26. The normalized spacial score (nSPS) is 17.1. The maximum absolute atomic E-state index is 12.1. The predicted octanol–water partition coefficient (Wildman–Crippen LogP) is 2.56. The van der Waals surface area contributed by atoms with Crippen LogP contribution in [0.2, 0.25) is 0 Å². The van der Waals surface area contributed by atoms with Crippen LogP contribution in [0.25, 0.3) is 5.82 Å². The van der Waals surface area contributed by atoms with Crippen LogP contribution in [0.1, 0.15) is 37.1 Å². The number of aromatic nitrogens is 3. The molecular formula is C18H23N5O. The minimum atomic E-state index is -0.0617. The number of carbonyl (C=O) groups is 1. The molecule has 0 atom stereocenters. The van der Waals surface area contributed by atoms with Crippen molar-refractivity contribution < 1.29 is 4.79 Å². The summed E-state index contributed by atoms with van der Waals surface area (Å²) in [5, 5.41) is 6.12. The summed E-state index contributed by atoms with van der Waals surface area (Å²) >= 11 is 0. The van der Waals surface area contributed by atoms with Crippen molar-refractivity contribution in [3.63, 3.8) is 0 Å². The Hall–Kier alpha value is -2.37. The van der Waals surface area contributed by atoms with Crippen molar-refractivity contribution in [1.82, 2.24) is 25.2 Å². The predicted molar refractivity (Wildman–Crippen MR) is 90.7 cm³/mol. The molecule has 2 aliphatic carbocycles. The molecule has 0 unspecified atom stereocenters. The van der Waals surface area contributed by atoms with E-state index in [1.165, 1.54) is 25.7 Å². The largest absolute Gasteiger partial charge is 0.335 e. The van der Waals surface area contributed by atoms with E-state index in [-0.39, 0.29) is 6.03 Å². The van der Waals surface area contributed by atoms with Gasteiger partial charge in [-0.3, -0.25) is 4.57 Å². The Bertz CT molecular complexity index is 703. The van der Waals surface area contributed by atoms with Crippen molar-refractivity contribution in [2.24, 2.45) is 11.8 Å². The molecule has 126 valence electrons. The average molecular weight is 325 g/mol. The monoisotopic (exact) mass is 325 g/mol. The molecule has 4 rings (SSSR count). The van der Waals surface area contributed by atoms with Crippen molar-refractivity contribution in [3.8, 4) is 5.82 Å². The van der Waals surface area contributed by atoms with Crippen LogP contribution in [0.4, 0.5) is 4.79 Å². The molecule has 2 saturated carbocycles. The molecule has 2 heterocycles. The summed E-state index contributed by atoms with van der Waals surface area (Å²) in [6, 6.07) is 4.25. The Morgan fingerprint density at radius 3 is 2.54 bits per heavy atom. The van der Waals surface area contributed by atoms with Gasteiger partial charge in [-0.2, -0.15) is 0 Å². The van der Waals surface area contributed by atoms with Crippen LogP contribution in [0.5, 0.6) is 0 Å². The van der Waals surface area contributed by atoms with Crippen LogP contribution in [0.15, 0.2) is 30.7 Å². The van der Waals surface area contributed by atoms with Crippen molar-refractivity contribution >= 4 is 6.03 Å². The van der Waals surface area contributed by atoms with E-state index in [2.05, 4.69) is 20.6 Å². The number of carbonyl (C=O) groups excluding carboxylic acids is 1.